The van der Waals surface area contributed by atoms with Gasteiger partial charge < -0.3 is 29.4 Å². The van der Waals surface area contributed by atoms with Crippen molar-refractivity contribution in [3.8, 4) is 23.0 Å². The summed E-state index contributed by atoms with van der Waals surface area (Å²) < 4.78 is 23.5. The number of aliphatic hydroxyl groups is 1. The highest BCUT2D eigenvalue weighted by molar-refractivity contribution is 9.10. The fourth-order valence-electron chi connectivity index (χ4n) is 4.27. The first-order valence-electron chi connectivity index (χ1n) is 11.3. The first kappa shape index (κ1) is 28.6. The summed E-state index contributed by atoms with van der Waals surface area (Å²) in [7, 11) is 1.62. The third-order valence-corrected chi connectivity index (χ3v) is 5.96. The van der Waals surface area contributed by atoms with Gasteiger partial charge in [-0.25, -0.2) is 0 Å². The number of ether oxygens (including phenoxy) is 4. The van der Waals surface area contributed by atoms with Crippen LogP contribution in [-0.4, -0.2) is 37.6 Å². The van der Waals surface area contributed by atoms with Crippen LogP contribution in [0.2, 0.25) is 0 Å². The summed E-state index contributed by atoms with van der Waals surface area (Å²) in [5, 5.41) is 14.3. The smallest absolute Gasteiger partial charge is 0.175 e. The molecule has 8 heteroatoms. The van der Waals surface area contributed by atoms with Crippen molar-refractivity contribution < 1.29 is 24.1 Å². The summed E-state index contributed by atoms with van der Waals surface area (Å²) in [5.74, 6) is 2.51. The Morgan fingerprint density at radius 2 is 1.74 bits per heavy atom. The highest BCUT2D eigenvalue weighted by Crippen LogP contribution is 2.38. The lowest BCUT2D eigenvalue weighted by atomic mass is 9.82. The average Bonchev–Trinajstić information content (AvgIpc) is 2.74. The van der Waals surface area contributed by atoms with E-state index in [1.807, 2.05) is 24.3 Å². The Bertz CT molecular complexity index is 961. The quantitative estimate of drug-likeness (QED) is 0.389. The topological polar surface area (TPSA) is 69.2 Å². The number of hydrogen-bond donors (Lipinski definition) is 2. The van der Waals surface area contributed by atoms with E-state index in [1.54, 1.807) is 13.2 Å². The number of nitrogens with one attached hydrogen (secondary N) is 1. The lowest BCUT2D eigenvalue weighted by Crippen LogP contribution is -2.41. The molecule has 1 heterocycles. The molecule has 1 atom stereocenters. The predicted octanol–water partition coefficient (Wildman–Crippen LogP) is 6.07. The molecule has 1 unspecified atom stereocenters. The van der Waals surface area contributed by atoms with E-state index in [4.69, 9.17) is 18.9 Å². The van der Waals surface area contributed by atoms with Crippen molar-refractivity contribution >= 4 is 28.3 Å². The third kappa shape index (κ3) is 7.94. The van der Waals surface area contributed by atoms with Gasteiger partial charge in [-0.3, -0.25) is 0 Å². The molecule has 0 aromatic heterocycles. The number of aliphatic hydroxyl groups excluding tert-OH is 1. The fourth-order valence-corrected chi connectivity index (χ4v) is 4.87. The maximum Gasteiger partial charge on any atom is 0.175 e. The summed E-state index contributed by atoms with van der Waals surface area (Å²) in [6.45, 7) is 13.0. The average molecular weight is 559 g/mol. The minimum atomic E-state index is -0.822. The highest BCUT2D eigenvalue weighted by atomic mass is 79.9. The van der Waals surface area contributed by atoms with E-state index < -0.39 is 6.10 Å². The van der Waals surface area contributed by atoms with Crippen LogP contribution in [0, 0.1) is 5.41 Å². The molecule has 0 amide bonds. The first-order valence-corrected chi connectivity index (χ1v) is 12.1. The minimum Gasteiger partial charge on any atom is -0.493 e. The molecule has 1 aliphatic heterocycles. The molecule has 2 N–H and O–H groups in total. The van der Waals surface area contributed by atoms with Gasteiger partial charge in [-0.15, -0.1) is 12.4 Å². The normalized spacial score (nSPS) is 14.2. The molecule has 2 aromatic rings. The number of fused-ring (bicyclic) bond motifs is 1. The zero-order chi connectivity index (χ0) is 24.2. The monoisotopic (exact) mass is 557 g/mol. The van der Waals surface area contributed by atoms with E-state index in [9.17, 15) is 5.11 Å². The van der Waals surface area contributed by atoms with Crippen molar-refractivity contribution in [2.24, 2.45) is 5.41 Å². The van der Waals surface area contributed by atoms with E-state index in [0.29, 0.717) is 48.3 Å². The van der Waals surface area contributed by atoms with Crippen LogP contribution in [0.25, 0.3) is 0 Å². The lowest BCUT2D eigenvalue weighted by molar-refractivity contribution is 0.105. The lowest BCUT2D eigenvalue weighted by Gasteiger charge is -2.33. The Labute approximate surface area is 217 Å². The summed E-state index contributed by atoms with van der Waals surface area (Å²) >= 11 is 3.61. The molecule has 3 rings (SSSR count). The van der Waals surface area contributed by atoms with Crippen molar-refractivity contribution in [1.29, 1.82) is 0 Å². The van der Waals surface area contributed by atoms with Gasteiger partial charge in [-0.05, 0) is 77.0 Å². The molecule has 0 fully saturated rings. The minimum absolute atomic E-state index is 0. The maximum atomic E-state index is 10.7. The van der Waals surface area contributed by atoms with Crippen LogP contribution in [0.4, 0.5) is 0 Å². The molecular weight excluding hydrogens is 522 g/mol. The molecular formula is C26H37BrClNO5. The van der Waals surface area contributed by atoms with Crippen molar-refractivity contribution in [1.82, 2.24) is 5.32 Å². The third-order valence-electron chi connectivity index (χ3n) is 5.37. The first-order chi connectivity index (χ1) is 15.5. The van der Waals surface area contributed by atoms with Crippen molar-refractivity contribution in [2.75, 3.05) is 26.9 Å². The summed E-state index contributed by atoms with van der Waals surface area (Å²) in [6.07, 6.45) is 0.231. The van der Waals surface area contributed by atoms with E-state index in [0.717, 1.165) is 16.5 Å². The van der Waals surface area contributed by atoms with Gasteiger partial charge >= 0.3 is 0 Å². The van der Waals surface area contributed by atoms with E-state index in [-0.39, 0.29) is 30.0 Å². The standard InChI is InChI=1S/C26H36BrNO5.ClH/c1-25(2,3)16-26(4,5)28-14-17-11-19(27)24(23(12-17)30-6)33-15-20(29)18-7-8-21-22(13-18)32-10-9-31-21;/h7-8,11-13,20,28-29H,9-10,14-16H2,1-6H3;1H. The number of halogens is 2. The van der Waals surface area contributed by atoms with Gasteiger partial charge in [0.1, 0.15) is 25.9 Å². The Hall–Kier alpha value is -1.67. The second kappa shape index (κ2) is 11.8. The number of rotatable bonds is 9. The van der Waals surface area contributed by atoms with Crippen LogP contribution in [0.3, 0.4) is 0 Å². The second-order valence-electron chi connectivity index (χ2n) is 10.3. The van der Waals surface area contributed by atoms with Gasteiger partial charge in [0.05, 0.1) is 11.6 Å². The van der Waals surface area contributed by atoms with Crippen LogP contribution >= 0.6 is 28.3 Å². The van der Waals surface area contributed by atoms with Gasteiger partial charge in [0.15, 0.2) is 23.0 Å². The molecule has 190 valence electrons. The van der Waals surface area contributed by atoms with Gasteiger partial charge in [0, 0.05) is 12.1 Å². The summed E-state index contributed by atoms with van der Waals surface area (Å²) in [6, 6.07) is 9.42. The largest absolute Gasteiger partial charge is 0.493 e. The van der Waals surface area contributed by atoms with Crippen LogP contribution in [-0.2, 0) is 6.54 Å². The molecule has 1 aliphatic rings. The van der Waals surface area contributed by atoms with Crippen LogP contribution in [0.15, 0.2) is 34.8 Å². The molecule has 0 radical (unpaired) electrons. The van der Waals surface area contributed by atoms with Crippen molar-refractivity contribution in [2.45, 2.75) is 59.2 Å². The fraction of sp³-hybridized carbons (Fsp3) is 0.538. The molecule has 0 bridgehead atoms. The Morgan fingerprint density at radius 3 is 2.38 bits per heavy atom. The number of benzene rings is 2. The molecule has 2 aromatic carbocycles. The highest BCUT2D eigenvalue weighted by Gasteiger charge is 2.25. The van der Waals surface area contributed by atoms with E-state index in [2.05, 4.69) is 55.9 Å². The Morgan fingerprint density at radius 1 is 1.06 bits per heavy atom. The van der Waals surface area contributed by atoms with Gasteiger partial charge in [-0.2, -0.15) is 0 Å². The van der Waals surface area contributed by atoms with E-state index in [1.165, 1.54) is 0 Å². The SMILES string of the molecule is COc1cc(CNC(C)(C)CC(C)(C)C)cc(Br)c1OCC(O)c1ccc2c(c1)OCCO2.Cl. The van der Waals surface area contributed by atoms with Gasteiger partial charge in [-0.1, -0.05) is 26.8 Å². The molecule has 34 heavy (non-hydrogen) atoms. The van der Waals surface area contributed by atoms with Crippen molar-refractivity contribution in [3.05, 3.63) is 45.9 Å². The zero-order valence-electron chi connectivity index (χ0n) is 20.9. The molecule has 0 saturated heterocycles. The molecule has 0 saturated carbocycles. The Kier molecular flexibility index (Phi) is 9.95. The molecule has 6 nitrogen and oxygen atoms in total. The number of methoxy groups -OCH3 is 1. The van der Waals surface area contributed by atoms with Crippen molar-refractivity contribution in [3.63, 3.8) is 0 Å². The van der Waals surface area contributed by atoms with Crippen LogP contribution in [0.5, 0.6) is 23.0 Å². The maximum absolute atomic E-state index is 10.7. The summed E-state index contributed by atoms with van der Waals surface area (Å²) in [5.41, 5.74) is 2.03. The molecule has 0 spiro atoms. The van der Waals surface area contributed by atoms with Crippen LogP contribution in [0.1, 0.15) is 58.3 Å². The predicted molar refractivity (Wildman–Crippen MR) is 141 cm³/mol. The second-order valence-corrected chi connectivity index (χ2v) is 11.2. The van der Waals surface area contributed by atoms with E-state index >= 15 is 0 Å². The van der Waals surface area contributed by atoms with Crippen LogP contribution < -0.4 is 24.3 Å². The Balaban J connectivity index is 0.00000408. The van der Waals surface area contributed by atoms with Gasteiger partial charge in [0.25, 0.3) is 0 Å². The zero-order valence-corrected chi connectivity index (χ0v) is 23.3. The number of hydrogen-bond acceptors (Lipinski definition) is 6. The summed E-state index contributed by atoms with van der Waals surface area (Å²) in [4.78, 5) is 0. The molecule has 0 aliphatic carbocycles. The van der Waals surface area contributed by atoms with Gasteiger partial charge in [0.2, 0.25) is 0 Å².